The second-order valence-electron chi connectivity index (χ2n) is 7.98. The molecule has 1 unspecified atom stereocenters. The zero-order chi connectivity index (χ0) is 25.3. The number of ether oxygens (including phenoxy) is 1. The van der Waals surface area contributed by atoms with Crippen LogP contribution in [-0.4, -0.2) is 56.9 Å². The highest BCUT2D eigenvalue weighted by Crippen LogP contribution is 2.30. The van der Waals surface area contributed by atoms with Crippen LogP contribution in [0.15, 0.2) is 35.1 Å². The van der Waals surface area contributed by atoms with Crippen LogP contribution in [0.2, 0.25) is 0 Å². The number of nitrogens with two attached hydrogens (primary N) is 1. The van der Waals surface area contributed by atoms with E-state index in [1.807, 2.05) is 6.92 Å². The predicted octanol–water partition coefficient (Wildman–Crippen LogP) is 2.81. The third kappa shape index (κ3) is 9.61. The van der Waals surface area contributed by atoms with Gasteiger partial charge in [-0.25, -0.2) is 4.39 Å². The summed E-state index contributed by atoms with van der Waals surface area (Å²) in [4.78, 5) is 27.8. The highest BCUT2D eigenvalue weighted by molar-refractivity contribution is 5.79. The lowest BCUT2D eigenvalue weighted by Crippen LogP contribution is -2.44. The van der Waals surface area contributed by atoms with Crippen molar-refractivity contribution in [3.05, 3.63) is 41.5 Å². The number of hydrogen-bond donors (Lipinski definition) is 4. The number of amides is 1. The Labute approximate surface area is 201 Å². The van der Waals surface area contributed by atoms with Crippen LogP contribution in [0, 0.1) is 17.7 Å². The number of aliphatic hydroxyl groups excluding tert-OH is 1. The lowest BCUT2D eigenvalue weighted by atomic mass is 9.82. The minimum Gasteiger partial charge on any atom is -0.490 e. The number of halogens is 1. The van der Waals surface area contributed by atoms with Gasteiger partial charge < -0.3 is 26.2 Å². The van der Waals surface area contributed by atoms with E-state index in [-0.39, 0.29) is 41.7 Å². The molecule has 8 nitrogen and oxygen atoms in total. The summed E-state index contributed by atoms with van der Waals surface area (Å²) in [6.45, 7) is 2.32. The van der Waals surface area contributed by atoms with Gasteiger partial charge in [-0.15, -0.1) is 0 Å². The topological polar surface area (TPSA) is 126 Å². The number of nitrogens with zero attached hydrogens (tertiary/aromatic N) is 1. The van der Waals surface area contributed by atoms with E-state index in [1.165, 1.54) is 19.2 Å². The van der Waals surface area contributed by atoms with E-state index < -0.39 is 5.82 Å². The van der Waals surface area contributed by atoms with Crippen LogP contribution in [0.3, 0.4) is 0 Å². The summed E-state index contributed by atoms with van der Waals surface area (Å²) in [5.74, 6) is -0.297. The van der Waals surface area contributed by atoms with Crippen molar-refractivity contribution in [2.75, 3.05) is 27.3 Å². The first kappa shape index (κ1) is 29.3. The van der Waals surface area contributed by atoms with Gasteiger partial charge in [0.05, 0.1) is 18.3 Å². The summed E-state index contributed by atoms with van der Waals surface area (Å²) in [6.07, 6.45) is 8.35. The number of likely N-dealkylation sites (N-methyl/N-ethyl adjacent to an activating group) is 1. The van der Waals surface area contributed by atoms with Crippen molar-refractivity contribution in [3.8, 4) is 5.75 Å². The predicted molar refractivity (Wildman–Crippen MR) is 132 cm³/mol. The molecule has 9 heteroatoms. The highest BCUT2D eigenvalue weighted by atomic mass is 19.1. The summed E-state index contributed by atoms with van der Waals surface area (Å²) < 4.78 is 19.6. The molecule has 190 valence electrons. The van der Waals surface area contributed by atoms with Gasteiger partial charge in [-0.05, 0) is 69.7 Å². The molecule has 1 aliphatic rings. The van der Waals surface area contributed by atoms with E-state index in [4.69, 9.17) is 4.74 Å². The molecule has 0 saturated heterocycles. The second kappa shape index (κ2) is 16.8. The van der Waals surface area contributed by atoms with E-state index in [0.29, 0.717) is 19.3 Å². The number of carbonyl (C=O) groups is 2. The average Bonchev–Trinajstić information content (AvgIpc) is 2.87. The van der Waals surface area contributed by atoms with Gasteiger partial charge in [-0.2, -0.15) is 0 Å². The summed E-state index contributed by atoms with van der Waals surface area (Å²) in [5, 5.41) is 15.5. The Balaban J connectivity index is 0.00000281. The molecule has 1 aliphatic carbocycles. The van der Waals surface area contributed by atoms with E-state index >= 15 is 0 Å². The Morgan fingerprint density at radius 2 is 2.03 bits per heavy atom. The minimum atomic E-state index is -0.547. The second-order valence-corrected chi connectivity index (χ2v) is 7.98. The Morgan fingerprint density at radius 3 is 2.59 bits per heavy atom. The van der Waals surface area contributed by atoms with Crippen molar-refractivity contribution in [1.82, 2.24) is 10.6 Å². The van der Waals surface area contributed by atoms with Crippen molar-refractivity contribution in [2.24, 2.45) is 22.6 Å². The van der Waals surface area contributed by atoms with E-state index in [1.54, 1.807) is 19.5 Å². The first-order valence-electron chi connectivity index (χ1n) is 11.8. The third-order valence-electron chi connectivity index (χ3n) is 5.68. The molecular weight excluding hydrogens is 439 g/mol. The van der Waals surface area contributed by atoms with Crippen LogP contribution in [0.1, 0.15) is 55.8 Å². The van der Waals surface area contributed by atoms with Gasteiger partial charge in [0.15, 0.2) is 11.6 Å². The molecule has 0 aromatic heterocycles. The average molecular weight is 479 g/mol. The maximum Gasteiger partial charge on any atom is 0.223 e. The van der Waals surface area contributed by atoms with Crippen molar-refractivity contribution in [1.29, 1.82) is 0 Å². The zero-order valence-corrected chi connectivity index (χ0v) is 20.4. The molecule has 1 amide bonds. The molecular formula is C25H39FN4O4. The van der Waals surface area contributed by atoms with Crippen molar-refractivity contribution in [2.45, 2.75) is 51.5 Å². The van der Waals surface area contributed by atoms with Gasteiger partial charge in [-0.3, -0.25) is 14.6 Å². The number of carbonyl (C=O) groups excluding carboxylic acids is 2. The fourth-order valence-corrected chi connectivity index (χ4v) is 3.80. The molecule has 34 heavy (non-hydrogen) atoms. The molecule has 1 aromatic rings. The number of nitrogens with one attached hydrogen (secondary N) is 2. The number of aliphatic imine (C=N–C) groups is 1. The molecule has 0 aliphatic heterocycles. The Hall–Kier alpha value is -2.78. The minimum absolute atomic E-state index is 0.0288. The fraction of sp³-hybridized carbons (Fsp3) is 0.560. The molecule has 1 atom stereocenters. The lowest BCUT2D eigenvalue weighted by molar-refractivity contribution is -0.126. The molecule has 0 heterocycles. The van der Waals surface area contributed by atoms with Crippen molar-refractivity contribution in [3.63, 3.8) is 0 Å². The molecule has 1 fully saturated rings. The van der Waals surface area contributed by atoms with Crippen LogP contribution >= 0.6 is 0 Å². The largest absolute Gasteiger partial charge is 0.490 e. The molecule has 1 aromatic carbocycles. The molecule has 1 saturated carbocycles. The highest BCUT2D eigenvalue weighted by Gasteiger charge is 2.28. The molecule has 2 rings (SSSR count). The van der Waals surface area contributed by atoms with E-state index in [0.717, 1.165) is 43.9 Å². The lowest BCUT2D eigenvalue weighted by Gasteiger charge is -2.29. The maximum atomic E-state index is 14.0. The fourth-order valence-electron chi connectivity index (χ4n) is 3.80. The normalized spacial score (nSPS) is 19.1. The Kier molecular flexibility index (Phi) is 14.4. The van der Waals surface area contributed by atoms with E-state index in [2.05, 4.69) is 21.4 Å². The summed E-state index contributed by atoms with van der Waals surface area (Å²) >= 11 is 0. The van der Waals surface area contributed by atoms with Crippen LogP contribution in [0.5, 0.6) is 5.75 Å². The SMILES string of the molecule is CCC=N/C=C(\NC)C(CCO)NC(=O)C1CCC(COc2ccc(C=O)cc2F)CC1.CN. The first-order valence-corrected chi connectivity index (χ1v) is 11.8. The zero-order valence-electron chi connectivity index (χ0n) is 20.4. The van der Waals surface area contributed by atoms with Gasteiger partial charge in [0.1, 0.15) is 6.29 Å². The number of aliphatic hydroxyl groups is 1. The number of benzene rings is 1. The summed E-state index contributed by atoms with van der Waals surface area (Å²) in [5.41, 5.74) is 5.52. The van der Waals surface area contributed by atoms with Gasteiger partial charge >= 0.3 is 0 Å². The van der Waals surface area contributed by atoms with Crippen LogP contribution in [0.4, 0.5) is 4.39 Å². The monoisotopic (exact) mass is 478 g/mol. The van der Waals surface area contributed by atoms with Gasteiger partial charge in [-0.1, -0.05) is 6.92 Å². The summed E-state index contributed by atoms with van der Waals surface area (Å²) in [6, 6.07) is 3.83. The van der Waals surface area contributed by atoms with Gasteiger partial charge in [0.2, 0.25) is 5.91 Å². The molecule has 5 N–H and O–H groups in total. The smallest absolute Gasteiger partial charge is 0.223 e. The Bertz CT molecular complexity index is 808. The quantitative estimate of drug-likeness (QED) is 0.270. The van der Waals surface area contributed by atoms with Gasteiger partial charge in [0, 0.05) is 37.6 Å². The molecule has 0 bridgehead atoms. The van der Waals surface area contributed by atoms with Gasteiger partial charge in [0.25, 0.3) is 0 Å². The van der Waals surface area contributed by atoms with Crippen LogP contribution in [-0.2, 0) is 4.79 Å². The standard InChI is InChI=1S/C24H34FN3O4.CH5N/c1-3-11-27-14-22(26-2)21(10-12-29)28-24(31)19-7-4-17(5-8-19)16-32-23-9-6-18(15-30)13-20(23)25;1-2/h6,9,11,13-15,17,19,21,26,29H,3-5,7-8,10,12,16H2,1-2H3,(H,28,31);2H2,1H3/b22-14-,27-11?;. The number of hydrogen-bond acceptors (Lipinski definition) is 7. The Morgan fingerprint density at radius 1 is 1.32 bits per heavy atom. The first-order chi connectivity index (χ1) is 16.5. The van der Waals surface area contributed by atoms with E-state index in [9.17, 15) is 19.1 Å². The van der Waals surface area contributed by atoms with Crippen LogP contribution in [0.25, 0.3) is 0 Å². The van der Waals surface area contributed by atoms with Crippen molar-refractivity contribution < 1.29 is 23.8 Å². The number of rotatable bonds is 12. The summed E-state index contributed by atoms with van der Waals surface area (Å²) in [7, 11) is 3.27. The third-order valence-corrected chi connectivity index (χ3v) is 5.68. The van der Waals surface area contributed by atoms with Crippen LogP contribution < -0.4 is 21.1 Å². The van der Waals surface area contributed by atoms with Crippen molar-refractivity contribution >= 4 is 18.4 Å². The molecule has 0 spiro atoms. The number of aldehydes is 1. The molecule has 0 radical (unpaired) electrons. The maximum absolute atomic E-state index is 14.0.